The number of pyridine rings is 1. The number of aromatic nitrogens is 1. The highest BCUT2D eigenvalue weighted by atomic mass is 19.4. The van der Waals surface area contributed by atoms with Gasteiger partial charge in [0.05, 0.1) is 5.56 Å². The predicted octanol–water partition coefficient (Wildman–Crippen LogP) is 4.14. The number of amides is 1. The number of rotatable bonds is 3. The van der Waals surface area contributed by atoms with E-state index in [4.69, 9.17) is 0 Å². The molecule has 5 nitrogen and oxygen atoms in total. The number of halogens is 3. The summed E-state index contributed by atoms with van der Waals surface area (Å²) < 4.78 is 40.0. The van der Waals surface area contributed by atoms with Crippen LogP contribution >= 0.6 is 0 Å². The highest BCUT2D eigenvalue weighted by Gasteiger charge is 2.37. The summed E-state index contributed by atoms with van der Waals surface area (Å²) in [6.45, 7) is 7.78. The molecule has 2 aliphatic heterocycles. The molecule has 0 bridgehead atoms. The second-order valence-corrected chi connectivity index (χ2v) is 8.69. The summed E-state index contributed by atoms with van der Waals surface area (Å²) in [4.78, 5) is 23.1. The van der Waals surface area contributed by atoms with Crippen molar-refractivity contribution in [2.24, 2.45) is 0 Å². The van der Waals surface area contributed by atoms with Crippen LogP contribution in [0.15, 0.2) is 36.5 Å². The van der Waals surface area contributed by atoms with Gasteiger partial charge in [0.1, 0.15) is 5.82 Å². The number of hydrogen-bond acceptors (Lipinski definition) is 4. The van der Waals surface area contributed by atoms with Crippen molar-refractivity contribution < 1.29 is 18.0 Å². The normalized spacial score (nSPS) is 18.8. The fourth-order valence-electron chi connectivity index (χ4n) is 4.91. The van der Waals surface area contributed by atoms with Gasteiger partial charge in [0.2, 0.25) is 0 Å². The standard InChI is InChI=1S/C24H29F3N4O/c1-17-5-3-6-18(2)21(17)23(32)31-11-8-19(9-12-31)29-13-15-30(16-14-29)22-20(24(25,26)27)7-4-10-28-22/h3-7,10,19H,8-9,11-16H2,1-2H3. The van der Waals surface area contributed by atoms with Gasteiger partial charge in [0.15, 0.2) is 0 Å². The number of carbonyl (C=O) groups is 1. The molecule has 0 aliphatic carbocycles. The summed E-state index contributed by atoms with van der Waals surface area (Å²) in [7, 11) is 0. The van der Waals surface area contributed by atoms with Crippen molar-refractivity contribution in [3.63, 3.8) is 0 Å². The van der Waals surface area contributed by atoms with Crippen molar-refractivity contribution in [1.82, 2.24) is 14.8 Å². The smallest absolute Gasteiger partial charge is 0.354 e. The molecule has 1 aromatic carbocycles. The Morgan fingerprint density at radius 2 is 1.56 bits per heavy atom. The molecule has 2 saturated heterocycles. The van der Waals surface area contributed by atoms with Gasteiger partial charge in [-0.3, -0.25) is 9.69 Å². The first-order chi connectivity index (χ1) is 15.3. The van der Waals surface area contributed by atoms with E-state index in [1.165, 1.54) is 12.3 Å². The van der Waals surface area contributed by atoms with Gasteiger partial charge in [-0.25, -0.2) is 4.98 Å². The summed E-state index contributed by atoms with van der Waals surface area (Å²) in [5.74, 6) is 0.118. The van der Waals surface area contributed by atoms with Crippen molar-refractivity contribution >= 4 is 11.7 Å². The number of nitrogens with zero attached hydrogens (tertiary/aromatic N) is 4. The Morgan fingerprint density at radius 1 is 0.938 bits per heavy atom. The molecule has 172 valence electrons. The first-order valence-corrected chi connectivity index (χ1v) is 11.1. The van der Waals surface area contributed by atoms with Crippen molar-refractivity contribution in [2.45, 2.75) is 38.9 Å². The SMILES string of the molecule is Cc1cccc(C)c1C(=O)N1CCC(N2CCN(c3ncccc3C(F)(F)F)CC2)CC1. The number of anilines is 1. The van der Waals surface area contributed by atoms with Crippen molar-refractivity contribution in [3.05, 3.63) is 58.8 Å². The van der Waals surface area contributed by atoms with Gasteiger partial charge in [-0.15, -0.1) is 0 Å². The lowest BCUT2D eigenvalue weighted by atomic mass is 9.98. The van der Waals surface area contributed by atoms with Gasteiger partial charge in [0.25, 0.3) is 5.91 Å². The summed E-state index contributed by atoms with van der Waals surface area (Å²) in [6.07, 6.45) is -1.22. The summed E-state index contributed by atoms with van der Waals surface area (Å²) in [5.41, 5.74) is 2.13. The molecule has 0 spiro atoms. The average Bonchev–Trinajstić information content (AvgIpc) is 2.78. The molecule has 2 fully saturated rings. The van der Waals surface area contributed by atoms with E-state index < -0.39 is 11.7 Å². The Balaban J connectivity index is 1.34. The molecule has 2 aliphatic rings. The van der Waals surface area contributed by atoms with Crippen LogP contribution < -0.4 is 4.90 Å². The van der Waals surface area contributed by atoms with E-state index in [1.807, 2.05) is 36.9 Å². The van der Waals surface area contributed by atoms with Crippen LogP contribution in [0, 0.1) is 13.8 Å². The molecule has 3 heterocycles. The molecule has 0 N–H and O–H groups in total. The first kappa shape index (κ1) is 22.6. The van der Waals surface area contributed by atoms with Crippen LogP contribution in [0.3, 0.4) is 0 Å². The minimum Gasteiger partial charge on any atom is -0.354 e. The van der Waals surface area contributed by atoms with Crippen LogP contribution in [-0.2, 0) is 6.18 Å². The number of piperazine rings is 1. The van der Waals surface area contributed by atoms with Crippen LogP contribution in [0.2, 0.25) is 0 Å². The van der Waals surface area contributed by atoms with Gasteiger partial charge < -0.3 is 9.80 Å². The molecule has 8 heteroatoms. The molecule has 0 unspecified atom stereocenters. The Hall–Kier alpha value is -2.61. The Kier molecular flexibility index (Phi) is 6.42. The van der Waals surface area contributed by atoms with Crippen LogP contribution in [0.25, 0.3) is 0 Å². The minimum atomic E-state index is -4.41. The van der Waals surface area contributed by atoms with Gasteiger partial charge >= 0.3 is 6.18 Å². The quantitative estimate of drug-likeness (QED) is 0.711. The minimum absolute atomic E-state index is 0.0219. The molecule has 0 atom stereocenters. The average molecular weight is 447 g/mol. The fraction of sp³-hybridized carbons (Fsp3) is 0.500. The molecule has 2 aromatic rings. The Bertz CT molecular complexity index is 942. The third kappa shape index (κ3) is 4.60. The van der Waals surface area contributed by atoms with Crippen LogP contribution in [0.5, 0.6) is 0 Å². The lowest BCUT2D eigenvalue weighted by molar-refractivity contribution is -0.137. The van der Waals surface area contributed by atoms with Crippen LogP contribution in [0.1, 0.15) is 39.9 Å². The van der Waals surface area contributed by atoms with Crippen molar-refractivity contribution in [1.29, 1.82) is 0 Å². The summed E-state index contributed by atoms with van der Waals surface area (Å²) in [5, 5.41) is 0. The molecular formula is C24H29F3N4O. The zero-order valence-electron chi connectivity index (χ0n) is 18.5. The van der Waals surface area contributed by atoms with Crippen molar-refractivity contribution in [2.75, 3.05) is 44.2 Å². The molecular weight excluding hydrogens is 417 g/mol. The lowest BCUT2D eigenvalue weighted by Crippen LogP contribution is -2.54. The predicted molar refractivity (Wildman–Crippen MR) is 118 cm³/mol. The molecule has 32 heavy (non-hydrogen) atoms. The second-order valence-electron chi connectivity index (χ2n) is 8.69. The molecule has 1 amide bonds. The number of aryl methyl sites for hydroxylation is 2. The van der Waals surface area contributed by atoms with Gasteiger partial charge in [0, 0.05) is 57.1 Å². The van der Waals surface area contributed by atoms with Gasteiger partial charge in [-0.2, -0.15) is 13.2 Å². The van der Waals surface area contributed by atoms with Crippen LogP contribution in [0.4, 0.5) is 19.0 Å². The lowest BCUT2D eigenvalue weighted by Gasteiger charge is -2.43. The maximum Gasteiger partial charge on any atom is 0.419 e. The van der Waals surface area contributed by atoms with Crippen molar-refractivity contribution in [3.8, 4) is 0 Å². The van der Waals surface area contributed by atoms with E-state index in [9.17, 15) is 18.0 Å². The summed E-state index contributed by atoms with van der Waals surface area (Å²) >= 11 is 0. The number of piperidine rings is 1. The largest absolute Gasteiger partial charge is 0.419 e. The number of alkyl halides is 3. The zero-order chi connectivity index (χ0) is 22.9. The molecule has 0 radical (unpaired) electrons. The van der Waals surface area contributed by atoms with E-state index in [1.54, 1.807) is 4.90 Å². The third-order valence-corrected chi connectivity index (χ3v) is 6.67. The zero-order valence-corrected chi connectivity index (χ0v) is 18.5. The number of benzene rings is 1. The van der Waals surface area contributed by atoms with E-state index in [0.29, 0.717) is 45.3 Å². The fourth-order valence-corrected chi connectivity index (χ4v) is 4.91. The van der Waals surface area contributed by atoms with Gasteiger partial charge in [-0.1, -0.05) is 18.2 Å². The van der Waals surface area contributed by atoms with E-state index in [0.717, 1.165) is 35.6 Å². The second kappa shape index (κ2) is 9.10. The number of hydrogen-bond donors (Lipinski definition) is 0. The molecule has 4 rings (SSSR count). The van der Waals surface area contributed by atoms with E-state index in [-0.39, 0.29) is 11.7 Å². The van der Waals surface area contributed by atoms with E-state index >= 15 is 0 Å². The molecule has 1 aromatic heterocycles. The topological polar surface area (TPSA) is 39.7 Å². The highest BCUT2D eigenvalue weighted by Crippen LogP contribution is 2.35. The number of carbonyl (C=O) groups excluding carboxylic acids is 1. The maximum atomic E-state index is 13.3. The third-order valence-electron chi connectivity index (χ3n) is 6.67. The Labute approximate surface area is 186 Å². The maximum absolute atomic E-state index is 13.3. The van der Waals surface area contributed by atoms with E-state index in [2.05, 4.69) is 9.88 Å². The van der Waals surface area contributed by atoms with Crippen LogP contribution in [-0.4, -0.2) is 66.0 Å². The number of likely N-dealkylation sites (tertiary alicyclic amines) is 1. The highest BCUT2D eigenvalue weighted by molar-refractivity contribution is 5.97. The Morgan fingerprint density at radius 3 is 2.16 bits per heavy atom. The molecule has 0 saturated carbocycles. The summed E-state index contributed by atoms with van der Waals surface area (Å²) in [6, 6.07) is 8.69. The van der Waals surface area contributed by atoms with Gasteiger partial charge in [-0.05, 0) is 49.9 Å². The monoisotopic (exact) mass is 446 g/mol. The first-order valence-electron chi connectivity index (χ1n) is 11.1.